The first kappa shape index (κ1) is 21.4. The summed E-state index contributed by atoms with van der Waals surface area (Å²) in [5.74, 6) is 0. The predicted molar refractivity (Wildman–Crippen MR) is 168 cm³/mol. The lowest BCUT2D eigenvalue weighted by Crippen LogP contribution is -1.95. The van der Waals surface area contributed by atoms with E-state index in [2.05, 4.69) is 123 Å². The van der Waals surface area contributed by atoms with Crippen molar-refractivity contribution in [1.82, 2.24) is 18.9 Å². The van der Waals surface area contributed by atoms with Crippen molar-refractivity contribution in [2.45, 2.75) is 6.42 Å². The van der Waals surface area contributed by atoms with Gasteiger partial charge in [-0.25, -0.2) is 4.98 Å². The molecule has 4 heteroatoms. The third-order valence-corrected chi connectivity index (χ3v) is 8.97. The second-order valence-electron chi connectivity index (χ2n) is 11.1. The zero-order chi connectivity index (χ0) is 26.7. The third-order valence-electron chi connectivity index (χ3n) is 8.97. The Morgan fingerprint density at radius 2 is 1.34 bits per heavy atom. The average Bonchev–Trinajstić information content (AvgIpc) is 3.69. The van der Waals surface area contributed by atoms with E-state index in [1.54, 1.807) is 0 Å². The van der Waals surface area contributed by atoms with Crippen LogP contribution in [0.4, 0.5) is 0 Å². The van der Waals surface area contributed by atoms with Gasteiger partial charge in [0.25, 0.3) is 0 Å². The summed E-state index contributed by atoms with van der Waals surface area (Å²) in [6, 6.07) is 39.7. The summed E-state index contributed by atoms with van der Waals surface area (Å²) in [4.78, 5) is 9.68. The Labute approximate surface area is 234 Å². The smallest absolute Gasteiger partial charge is 0.146 e. The van der Waals surface area contributed by atoms with Crippen LogP contribution in [0.1, 0.15) is 11.1 Å². The fourth-order valence-corrected chi connectivity index (χ4v) is 7.20. The van der Waals surface area contributed by atoms with E-state index in [9.17, 15) is 0 Å². The largest absolute Gasteiger partial charge is 0.309 e. The van der Waals surface area contributed by atoms with E-state index in [0.29, 0.717) is 0 Å². The Hall–Kier alpha value is -5.48. The Balaban J connectivity index is 1.43. The van der Waals surface area contributed by atoms with Crippen LogP contribution >= 0.6 is 0 Å². The minimum atomic E-state index is 0.970. The summed E-state index contributed by atoms with van der Waals surface area (Å²) >= 11 is 0. The van der Waals surface area contributed by atoms with Crippen LogP contribution in [0.15, 0.2) is 122 Å². The van der Waals surface area contributed by atoms with Crippen LogP contribution in [0.2, 0.25) is 0 Å². The van der Waals surface area contributed by atoms with Crippen LogP contribution in [-0.2, 0) is 6.42 Å². The zero-order valence-electron chi connectivity index (χ0n) is 22.0. The topological polar surface area (TPSA) is 35.1 Å². The van der Waals surface area contributed by atoms with Gasteiger partial charge < -0.3 is 4.57 Å². The van der Waals surface area contributed by atoms with Crippen molar-refractivity contribution < 1.29 is 0 Å². The maximum absolute atomic E-state index is 5.16. The maximum Gasteiger partial charge on any atom is 0.146 e. The molecule has 5 aromatic carbocycles. The molecule has 0 atom stereocenters. The highest BCUT2D eigenvalue weighted by atomic mass is 15.0. The number of nitrogens with zero attached hydrogens (tertiary/aromatic N) is 4. The van der Waals surface area contributed by atoms with Gasteiger partial charge in [-0.15, -0.1) is 0 Å². The third kappa shape index (κ3) is 2.74. The van der Waals surface area contributed by atoms with Crippen molar-refractivity contribution >= 4 is 60.2 Å². The minimum absolute atomic E-state index is 0.970. The molecule has 0 N–H and O–H groups in total. The molecule has 4 heterocycles. The van der Waals surface area contributed by atoms with Crippen LogP contribution in [0, 0.1) is 0 Å². The first-order valence-electron chi connectivity index (χ1n) is 14.0. The summed E-state index contributed by atoms with van der Waals surface area (Å²) in [5.41, 5.74) is 13.2. The first-order chi connectivity index (χ1) is 20.3. The van der Waals surface area contributed by atoms with Gasteiger partial charge in [-0.05, 0) is 88.7 Å². The van der Waals surface area contributed by atoms with Crippen LogP contribution in [0.5, 0.6) is 0 Å². The highest BCUT2D eigenvalue weighted by Gasteiger charge is 2.23. The van der Waals surface area contributed by atoms with E-state index in [-0.39, 0.29) is 0 Å². The second kappa shape index (κ2) is 7.58. The fourth-order valence-electron chi connectivity index (χ4n) is 7.20. The van der Waals surface area contributed by atoms with E-state index in [0.717, 1.165) is 39.7 Å². The first-order valence-corrected chi connectivity index (χ1v) is 14.0. The van der Waals surface area contributed by atoms with E-state index >= 15 is 0 Å². The van der Waals surface area contributed by atoms with Gasteiger partial charge in [-0.3, -0.25) is 9.38 Å². The molecule has 0 bridgehead atoms. The Morgan fingerprint density at radius 1 is 0.537 bits per heavy atom. The molecular formula is C37H22N4. The molecular weight excluding hydrogens is 500 g/mol. The molecule has 0 saturated heterocycles. The number of imidazole rings is 1. The van der Waals surface area contributed by atoms with Gasteiger partial charge in [0.2, 0.25) is 0 Å². The van der Waals surface area contributed by atoms with Crippen LogP contribution < -0.4 is 0 Å². The Bertz CT molecular complexity index is 2550. The van der Waals surface area contributed by atoms with Crippen LogP contribution in [-0.4, -0.2) is 18.9 Å². The lowest BCUT2D eigenvalue weighted by Gasteiger charge is -2.11. The number of para-hydroxylation sites is 3. The maximum atomic E-state index is 5.16. The summed E-state index contributed by atoms with van der Waals surface area (Å²) in [6.07, 6.45) is 4.83. The van der Waals surface area contributed by atoms with Crippen molar-refractivity contribution in [1.29, 1.82) is 0 Å². The molecule has 10 rings (SSSR count). The van der Waals surface area contributed by atoms with Crippen LogP contribution in [0.3, 0.4) is 0 Å². The Kier molecular flexibility index (Phi) is 3.95. The number of pyridine rings is 2. The molecule has 0 saturated carbocycles. The van der Waals surface area contributed by atoms with Crippen molar-refractivity contribution in [3.05, 3.63) is 133 Å². The molecule has 0 aliphatic heterocycles. The molecule has 4 aromatic heterocycles. The monoisotopic (exact) mass is 522 g/mol. The fraction of sp³-hybridized carbons (Fsp3) is 0.0270. The summed E-state index contributed by atoms with van der Waals surface area (Å²) in [5, 5.41) is 6.05. The van der Waals surface area contributed by atoms with E-state index < -0.39 is 0 Å². The molecule has 41 heavy (non-hydrogen) atoms. The molecule has 1 aliphatic rings. The molecule has 0 amide bonds. The number of aromatic nitrogens is 4. The van der Waals surface area contributed by atoms with Gasteiger partial charge in [0.05, 0.1) is 33.8 Å². The zero-order valence-corrected chi connectivity index (χ0v) is 22.0. The number of fused-ring (bicyclic) bond motifs is 14. The average molecular weight is 523 g/mol. The van der Waals surface area contributed by atoms with E-state index in [1.807, 2.05) is 12.4 Å². The highest BCUT2D eigenvalue weighted by Crippen LogP contribution is 2.44. The van der Waals surface area contributed by atoms with Gasteiger partial charge in [-0.1, -0.05) is 54.6 Å². The van der Waals surface area contributed by atoms with Crippen LogP contribution in [0.25, 0.3) is 77.0 Å². The highest BCUT2D eigenvalue weighted by molar-refractivity contribution is 6.22. The molecule has 0 spiro atoms. The van der Waals surface area contributed by atoms with Gasteiger partial charge in [-0.2, -0.15) is 0 Å². The number of rotatable bonds is 1. The molecule has 190 valence electrons. The molecule has 0 unspecified atom stereocenters. The van der Waals surface area contributed by atoms with Gasteiger partial charge in [0.1, 0.15) is 5.65 Å². The van der Waals surface area contributed by atoms with Gasteiger partial charge in [0.15, 0.2) is 0 Å². The van der Waals surface area contributed by atoms with E-state index in [4.69, 9.17) is 4.98 Å². The number of benzene rings is 5. The molecule has 9 aromatic rings. The SMILES string of the molecule is c1ccc(-n2c3cc4c(cc3c3cc5c(cc32)c2ccncc2n2c3ccccc3nc52)Cc2ccccc2-4)cc1. The van der Waals surface area contributed by atoms with Crippen molar-refractivity contribution in [3.8, 4) is 16.8 Å². The van der Waals surface area contributed by atoms with E-state index in [1.165, 1.54) is 54.8 Å². The lowest BCUT2D eigenvalue weighted by molar-refractivity contribution is 1.18. The van der Waals surface area contributed by atoms with Gasteiger partial charge in [0, 0.05) is 33.4 Å². The molecule has 0 radical (unpaired) electrons. The lowest BCUT2D eigenvalue weighted by atomic mass is 10.0. The predicted octanol–water partition coefficient (Wildman–Crippen LogP) is 8.86. The number of hydrogen-bond donors (Lipinski definition) is 0. The molecule has 0 fully saturated rings. The standard InChI is InChI=1S/C37H22N4/c1-2-9-24(10-3-1)40-34-19-27-23(16-22-8-4-5-11-25(22)27)17-29(34)30-18-31-28(20-35(30)40)26-14-15-38-21-36(26)41-33-13-7-6-12-32(33)39-37(31)41/h1-15,17-21H,16H2. The normalized spacial score (nSPS) is 12.8. The Morgan fingerprint density at radius 3 is 2.29 bits per heavy atom. The van der Waals surface area contributed by atoms with Gasteiger partial charge >= 0.3 is 0 Å². The van der Waals surface area contributed by atoms with Crippen molar-refractivity contribution in [2.75, 3.05) is 0 Å². The molecule has 1 aliphatic carbocycles. The molecule has 4 nitrogen and oxygen atoms in total. The second-order valence-corrected chi connectivity index (χ2v) is 11.1. The quantitative estimate of drug-likeness (QED) is 0.202. The number of hydrogen-bond acceptors (Lipinski definition) is 2. The minimum Gasteiger partial charge on any atom is -0.309 e. The summed E-state index contributed by atoms with van der Waals surface area (Å²) in [7, 11) is 0. The van der Waals surface area contributed by atoms with Crippen molar-refractivity contribution in [3.63, 3.8) is 0 Å². The van der Waals surface area contributed by atoms with Crippen molar-refractivity contribution in [2.24, 2.45) is 0 Å². The summed E-state index contributed by atoms with van der Waals surface area (Å²) < 4.78 is 4.71. The summed E-state index contributed by atoms with van der Waals surface area (Å²) in [6.45, 7) is 0.